The van der Waals surface area contributed by atoms with Gasteiger partial charge in [-0.05, 0) is 11.1 Å². The van der Waals surface area contributed by atoms with E-state index >= 15 is 0 Å². The van der Waals surface area contributed by atoms with Crippen molar-refractivity contribution in [3.8, 4) is 0 Å². The Hall–Kier alpha value is -3.20. The summed E-state index contributed by atoms with van der Waals surface area (Å²) in [5.41, 5.74) is 1.69. The van der Waals surface area contributed by atoms with Gasteiger partial charge in [0.05, 0.1) is 0 Å². The van der Waals surface area contributed by atoms with Crippen molar-refractivity contribution in [2.45, 2.75) is 19.1 Å². The van der Waals surface area contributed by atoms with Gasteiger partial charge < -0.3 is 9.84 Å². The molecule has 0 aliphatic carbocycles. The first-order valence-corrected chi connectivity index (χ1v) is 7.48. The van der Waals surface area contributed by atoms with Crippen LogP contribution in [0.1, 0.15) is 11.1 Å². The summed E-state index contributed by atoms with van der Waals surface area (Å²) in [7, 11) is 0. The molecule has 0 bridgehead atoms. The molecule has 2 aromatic rings. The Bertz CT molecular complexity index is 724. The molecule has 0 aliphatic heterocycles. The van der Waals surface area contributed by atoms with Crippen molar-refractivity contribution in [3.63, 3.8) is 0 Å². The number of carbonyl (C=O) groups is 1. The Kier molecular flexibility index (Phi) is 6.47. The minimum Gasteiger partial charge on any atom is -0.596 e. The number of rotatable bonds is 7. The summed E-state index contributed by atoms with van der Waals surface area (Å²) in [6.07, 6.45) is -0.568. The second kappa shape index (κ2) is 9.06. The average Bonchev–Trinajstić information content (AvgIpc) is 2.61. The molecule has 122 valence electrons. The second-order valence-corrected chi connectivity index (χ2v) is 5.14. The number of ketones is 1. The van der Waals surface area contributed by atoms with E-state index in [0.29, 0.717) is 0 Å². The highest BCUT2D eigenvalue weighted by atomic mass is 16.6. The number of hydrogen-bond donors (Lipinski definition) is 0. The van der Waals surface area contributed by atoms with Gasteiger partial charge in [0.25, 0.3) is 0 Å². The van der Waals surface area contributed by atoms with Crippen LogP contribution in [0.3, 0.4) is 0 Å². The summed E-state index contributed by atoms with van der Waals surface area (Å²) in [6.45, 7) is -0.327. The number of benzene rings is 2. The largest absolute Gasteiger partial charge is 0.596 e. The van der Waals surface area contributed by atoms with Crippen LogP contribution in [0.2, 0.25) is 0 Å². The first-order valence-electron chi connectivity index (χ1n) is 7.48. The quantitative estimate of drug-likeness (QED) is 0.442. The SMILES string of the molecule is N#[N+]CC(=O)[C@@H](Cc1ccccc1)N=C([O-])OCc1ccccc1. The molecule has 2 aromatic carbocycles. The topological polar surface area (TPSA) is 89.9 Å². The molecule has 6 nitrogen and oxygen atoms in total. The van der Waals surface area contributed by atoms with Crippen LogP contribution in [0.25, 0.3) is 4.98 Å². The van der Waals surface area contributed by atoms with Crippen molar-refractivity contribution >= 4 is 11.9 Å². The smallest absolute Gasteiger partial charge is 0.364 e. The minimum atomic E-state index is -0.938. The number of carbonyl (C=O) groups excluding carboxylic acids is 1. The van der Waals surface area contributed by atoms with Crippen LogP contribution in [-0.4, -0.2) is 24.5 Å². The summed E-state index contributed by atoms with van der Waals surface area (Å²) < 4.78 is 5.07. The van der Waals surface area contributed by atoms with Crippen molar-refractivity contribution < 1.29 is 14.6 Å². The maximum Gasteiger partial charge on any atom is 0.364 e. The third kappa shape index (κ3) is 5.54. The Morgan fingerprint density at radius 3 is 2.25 bits per heavy atom. The minimum absolute atomic E-state index is 0.0831. The Labute approximate surface area is 140 Å². The lowest BCUT2D eigenvalue weighted by Gasteiger charge is -2.17. The van der Waals surface area contributed by atoms with Gasteiger partial charge in [-0.25, -0.2) is 0 Å². The van der Waals surface area contributed by atoms with E-state index in [1.165, 1.54) is 0 Å². The molecule has 0 heterocycles. The van der Waals surface area contributed by atoms with E-state index in [1.807, 2.05) is 60.7 Å². The Balaban J connectivity index is 2.05. The zero-order valence-electron chi connectivity index (χ0n) is 13.0. The molecular weight excluding hydrogens is 306 g/mol. The normalized spacial score (nSPS) is 12.2. The van der Waals surface area contributed by atoms with Crippen LogP contribution in [-0.2, 0) is 22.6 Å². The van der Waals surface area contributed by atoms with E-state index in [4.69, 9.17) is 10.1 Å². The van der Waals surface area contributed by atoms with Crippen molar-refractivity contribution in [1.82, 2.24) is 0 Å². The predicted octanol–water partition coefficient (Wildman–Crippen LogP) is 1.95. The average molecular weight is 323 g/mol. The molecule has 24 heavy (non-hydrogen) atoms. The molecule has 6 heteroatoms. The van der Waals surface area contributed by atoms with Gasteiger partial charge in [0.1, 0.15) is 17.1 Å². The highest BCUT2D eigenvalue weighted by Gasteiger charge is 2.23. The zero-order valence-corrected chi connectivity index (χ0v) is 13.0. The summed E-state index contributed by atoms with van der Waals surface area (Å²) in [5.74, 6) is -0.446. The van der Waals surface area contributed by atoms with E-state index in [1.54, 1.807) is 0 Å². The summed E-state index contributed by atoms with van der Waals surface area (Å²) in [6, 6.07) is 17.4. The first-order chi connectivity index (χ1) is 11.7. The molecule has 0 unspecified atom stereocenters. The number of nitrogens with zero attached hydrogens (tertiary/aromatic N) is 3. The highest BCUT2D eigenvalue weighted by Crippen LogP contribution is 2.08. The van der Waals surface area contributed by atoms with Gasteiger partial charge in [0, 0.05) is 13.0 Å². The van der Waals surface area contributed by atoms with Gasteiger partial charge in [0.15, 0.2) is 0 Å². The van der Waals surface area contributed by atoms with Crippen LogP contribution in [0, 0.1) is 5.39 Å². The van der Waals surface area contributed by atoms with Gasteiger partial charge in [-0.15, -0.1) is 0 Å². The van der Waals surface area contributed by atoms with Gasteiger partial charge in [0.2, 0.25) is 11.2 Å². The van der Waals surface area contributed by atoms with Crippen molar-refractivity contribution in [2.75, 3.05) is 6.54 Å². The van der Waals surface area contributed by atoms with Crippen LogP contribution < -0.4 is 5.11 Å². The van der Waals surface area contributed by atoms with E-state index in [9.17, 15) is 9.90 Å². The molecule has 0 aromatic heterocycles. The maximum absolute atomic E-state index is 12.0. The highest BCUT2D eigenvalue weighted by molar-refractivity contribution is 5.88. The molecule has 0 N–H and O–H groups in total. The monoisotopic (exact) mass is 323 g/mol. The number of aliphatic imine (C=N–C) groups is 1. The fourth-order valence-corrected chi connectivity index (χ4v) is 2.13. The van der Waals surface area contributed by atoms with Crippen LogP contribution in [0.15, 0.2) is 65.7 Å². The van der Waals surface area contributed by atoms with Gasteiger partial charge in [-0.3, -0.25) is 9.79 Å². The molecular formula is C18H17N3O3. The Morgan fingerprint density at radius 2 is 1.67 bits per heavy atom. The zero-order chi connectivity index (χ0) is 17.2. The van der Waals surface area contributed by atoms with E-state index in [0.717, 1.165) is 11.1 Å². The molecule has 1 atom stereocenters. The maximum atomic E-state index is 12.0. The molecule has 0 fully saturated rings. The molecule has 0 amide bonds. The van der Waals surface area contributed by atoms with Crippen molar-refractivity contribution in [3.05, 3.63) is 76.8 Å². The van der Waals surface area contributed by atoms with Gasteiger partial charge >= 0.3 is 6.54 Å². The summed E-state index contributed by atoms with van der Waals surface area (Å²) in [5, 5.41) is 20.5. The lowest BCUT2D eigenvalue weighted by atomic mass is 10.0. The lowest BCUT2D eigenvalue weighted by Crippen LogP contribution is -2.30. The van der Waals surface area contributed by atoms with Gasteiger partial charge in [-0.2, -0.15) is 0 Å². The number of ether oxygens (including phenoxy) is 1. The van der Waals surface area contributed by atoms with E-state index < -0.39 is 24.5 Å². The summed E-state index contributed by atoms with van der Waals surface area (Å²) in [4.78, 5) is 18.7. The predicted molar refractivity (Wildman–Crippen MR) is 87.6 cm³/mol. The third-order valence-electron chi connectivity index (χ3n) is 3.34. The molecule has 0 radical (unpaired) electrons. The lowest BCUT2D eigenvalue weighted by molar-refractivity contribution is -0.252. The Morgan fingerprint density at radius 1 is 1.08 bits per heavy atom. The molecule has 0 spiro atoms. The van der Waals surface area contributed by atoms with Crippen molar-refractivity contribution in [2.24, 2.45) is 4.99 Å². The third-order valence-corrected chi connectivity index (χ3v) is 3.34. The molecule has 2 rings (SSSR count). The fraction of sp³-hybridized carbons (Fsp3) is 0.222. The van der Waals surface area contributed by atoms with Crippen LogP contribution in [0.4, 0.5) is 0 Å². The number of hydrogen-bond acceptors (Lipinski definition) is 5. The van der Waals surface area contributed by atoms with E-state index in [2.05, 4.69) is 9.97 Å². The van der Waals surface area contributed by atoms with Gasteiger partial charge in [-0.1, -0.05) is 60.7 Å². The standard InChI is InChI=1S/C18H17N3O3/c19-20-12-17(22)16(11-14-7-3-1-4-8-14)21-18(23)24-13-15-9-5-2-6-10-15/h1-10,16H,11-13H2/t16-/m1/s1. The molecule has 0 aliphatic rings. The number of diazo groups is 1. The molecule has 0 saturated carbocycles. The first kappa shape index (κ1) is 17.2. The molecule has 0 saturated heterocycles. The number of Topliss-reactive ketones (excluding diaryl/α,β-unsaturated/α-hetero) is 1. The van der Waals surface area contributed by atoms with E-state index in [-0.39, 0.29) is 13.0 Å². The van der Waals surface area contributed by atoms with Crippen LogP contribution >= 0.6 is 0 Å². The fourth-order valence-electron chi connectivity index (χ4n) is 2.13. The van der Waals surface area contributed by atoms with Crippen LogP contribution in [0.5, 0.6) is 0 Å². The summed E-state index contributed by atoms with van der Waals surface area (Å²) >= 11 is 0. The second-order valence-electron chi connectivity index (χ2n) is 5.14. The van der Waals surface area contributed by atoms with Crippen molar-refractivity contribution in [1.29, 1.82) is 5.39 Å².